The fourth-order valence-corrected chi connectivity index (χ4v) is 4.28. The van der Waals surface area contributed by atoms with Crippen LogP contribution in [0.1, 0.15) is 42.0 Å². The largest absolute Gasteiger partial charge is 0.389 e. The van der Waals surface area contributed by atoms with Crippen LogP contribution in [-0.4, -0.2) is 64.1 Å². The Morgan fingerprint density at radius 3 is 2.62 bits per heavy atom. The molecule has 1 aromatic carbocycles. The first-order chi connectivity index (χ1) is 13.7. The number of carbonyl (C=O) groups excluding carboxylic acids is 1. The van der Waals surface area contributed by atoms with Crippen molar-refractivity contribution in [2.45, 2.75) is 38.3 Å². The molecular weight excluding hydrogens is 368 g/mol. The van der Waals surface area contributed by atoms with Crippen molar-refractivity contribution in [1.29, 1.82) is 0 Å². The second-order valence-electron chi connectivity index (χ2n) is 8.40. The van der Waals surface area contributed by atoms with Gasteiger partial charge < -0.3 is 15.0 Å². The maximum Gasteiger partial charge on any atom is 0.345 e. The number of aromatic amines is 1. The lowest BCUT2D eigenvalue weighted by atomic mass is 9.77. The normalized spacial score (nSPS) is 22.3. The van der Waals surface area contributed by atoms with Crippen LogP contribution in [0.25, 0.3) is 0 Å². The van der Waals surface area contributed by atoms with Gasteiger partial charge in [-0.25, -0.2) is 4.79 Å². The first kappa shape index (κ1) is 21.2. The Labute approximate surface area is 171 Å². The van der Waals surface area contributed by atoms with E-state index in [1.165, 1.54) is 0 Å². The number of β-amino-alcohol motifs (C(OH)–C–C–N with tert-alkyl or cyclic N) is 1. The van der Waals surface area contributed by atoms with Crippen molar-refractivity contribution in [3.63, 3.8) is 0 Å². The number of hydrogen-bond acceptors (Lipinski definition) is 5. The maximum atomic E-state index is 13.0. The fraction of sp³-hybridized carbons (Fsp3) is 0.500. The van der Waals surface area contributed by atoms with E-state index in [2.05, 4.69) is 9.97 Å². The summed E-state index contributed by atoms with van der Waals surface area (Å²) in [5.41, 5.74) is 0.776. The highest BCUT2D eigenvalue weighted by molar-refractivity contribution is 5.92. The Hall–Kier alpha value is -2.51. The van der Waals surface area contributed by atoms with Crippen molar-refractivity contribution < 1.29 is 9.90 Å². The molecule has 1 saturated heterocycles. The van der Waals surface area contributed by atoms with Crippen molar-refractivity contribution >= 4 is 5.91 Å². The van der Waals surface area contributed by atoms with Crippen LogP contribution >= 0.6 is 0 Å². The van der Waals surface area contributed by atoms with E-state index in [0.29, 0.717) is 31.0 Å². The lowest BCUT2D eigenvalue weighted by Crippen LogP contribution is -2.61. The Bertz CT molecular complexity index is 910. The van der Waals surface area contributed by atoms with Gasteiger partial charge in [-0.2, -0.15) is 4.98 Å². The summed E-state index contributed by atoms with van der Waals surface area (Å²) >= 11 is 0. The number of likely N-dealkylation sites (tertiary alicyclic amines) is 1. The standard InChI is InChI=1S/C22H30N4O3/c1-15(2)12-17-13-18(24-21(29)23-17)20(28)26-11-10-22(25(3)4,19(27)14-26)16-8-6-5-7-9-16/h5-9,13,15,19,27H,10-12,14H2,1-4H3,(H,23,24,29)/t19-,22+/m1/s1. The molecule has 2 atom stereocenters. The van der Waals surface area contributed by atoms with Gasteiger partial charge in [0.1, 0.15) is 5.69 Å². The van der Waals surface area contributed by atoms with Crippen LogP contribution in [0.3, 0.4) is 0 Å². The van der Waals surface area contributed by atoms with Crippen LogP contribution in [-0.2, 0) is 12.0 Å². The predicted octanol–water partition coefficient (Wildman–Crippen LogP) is 1.63. The third-order valence-corrected chi connectivity index (χ3v) is 5.71. The molecule has 3 rings (SSSR count). The van der Waals surface area contributed by atoms with Crippen molar-refractivity contribution in [2.75, 3.05) is 27.2 Å². The summed E-state index contributed by atoms with van der Waals surface area (Å²) in [6.07, 6.45) is 0.479. The fourth-order valence-electron chi connectivity index (χ4n) is 4.28. The van der Waals surface area contributed by atoms with Crippen molar-refractivity contribution in [1.82, 2.24) is 19.8 Å². The zero-order chi connectivity index (χ0) is 21.2. The third kappa shape index (κ3) is 4.26. The number of nitrogens with one attached hydrogen (secondary N) is 1. The van der Waals surface area contributed by atoms with E-state index in [4.69, 9.17) is 0 Å². The summed E-state index contributed by atoms with van der Waals surface area (Å²) in [6.45, 7) is 4.74. The molecule has 7 nitrogen and oxygen atoms in total. The zero-order valence-corrected chi connectivity index (χ0v) is 17.6. The molecule has 2 heterocycles. The van der Waals surface area contributed by atoms with E-state index < -0.39 is 17.3 Å². The van der Waals surface area contributed by atoms with Gasteiger partial charge in [-0.3, -0.25) is 9.69 Å². The van der Waals surface area contributed by atoms with Gasteiger partial charge in [-0.15, -0.1) is 0 Å². The molecule has 2 aromatic rings. The number of nitrogens with zero attached hydrogens (tertiary/aromatic N) is 3. The molecule has 0 radical (unpaired) electrons. The van der Waals surface area contributed by atoms with Gasteiger partial charge >= 0.3 is 5.69 Å². The van der Waals surface area contributed by atoms with Gasteiger partial charge in [0, 0.05) is 18.8 Å². The van der Waals surface area contributed by atoms with Crippen LogP contribution < -0.4 is 5.69 Å². The molecule has 0 bridgehead atoms. The number of aliphatic hydroxyl groups is 1. The second kappa shape index (κ2) is 8.47. The summed E-state index contributed by atoms with van der Waals surface area (Å²) in [4.78, 5) is 35.2. The summed E-state index contributed by atoms with van der Waals surface area (Å²) in [5.74, 6) is 0.0277. The van der Waals surface area contributed by atoms with E-state index in [1.807, 2.05) is 63.2 Å². The molecule has 0 saturated carbocycles. The lowest BCUT2D eigenvalue weighted by Gasteiger charge is -2.49. The minimum atomic E-state index is -0.769. The Morgan fingerprint density at radius 1 is 1.34 bits per heavy atom. The Balaban J connectivity index is 1.84. The topological polar surface area (TPSA) is 89.5 Å². The summed E-state index contributed by atoms with van der Waals surface area (Å²) in [5, 5.41) is 11.1. The van der Waals surface area contributed by atoms with Crippen LogP contribution in [0.5, 0.6) is 0 Å². The van der Waals surface area contributed by atoms with Crippen molar-refractivity contribution in [2.24, 2.45) is 5.92 Å². The van der Waals surface area contributed by atoms with Crippen LogP contribution in [0, 0.1) is 5.92 Å². The maximum absolute atomic E-state index is 13.0. The number of aliphatic hydroxyl groups excluding tert-OH is 1. The molecule has 7 heteroatoms. The second-order valence-corrected chi connectivity index (χ2v) is 8.40. The van der Waals surface area contributed by atoms with Crippen molar-refractivity contribution in [3.05, 3.63) is 63.8 Å². The number of aromatic nitrogens is 2. The smallest absolute Gasteiger partial charge is 0.345 e. The van der Waals surface area contributed by atoms with Gasteiger partial charge in [0.15, 0.2) is 0 Å². The molecule has 1 fully saturated rings. The predicted molar refractivity (Wildman–Crippen MR) is 112 cm³/mol. The van der Waals surface area contributed by atoms with E-state index in [0.717, 1.165) is 5.56 Å². The number of H-pyrrole nitrogens is 1. The van der Waals surface area contributed by atoms with E-state index in [9.17, 15) is 14.7 Å². The monoisotopic (exact) mass is 398 g/mol. The SMILES string of the molecule is CC(C)Cc1cc(C(=O)N2CC[C@@](c3ccccc3)(N(C)C)[C@H](O)C2)nc(=O)[nH]1. The quantitative estimate of drug-likeness (QED) is 0.799. The molecule has 1 amide bonds. The summed E-state index contributed by atoms with van der Waals surface area (Å²) in [7, 11) is 3.90. The average Bonchev–Trinajstić information content (AvgIpc) is 2.67. The number of carbonyl (C=O) groups is 1. The average molecular weight is 399 g/mol. The van der Waals surface area contributed by atoms with Gasteiger partial charge in [0.2, 0.25) is 0 Å². The number of hydrogen-bond donors (Lipinski definition) is 2. The molecule has 1 aromatic heterocycles. The van der Waals surface area contributed by atoms with E-state index >= 15 is 0 Å². The highest BCUT2D eigenvalue weighted by Gasteiger charge is 2.46. The molecule has 0 unspecified atom stereocenters. The molecule has 156 valence electrons. The van der Waals surface area contributed by atoms with Gasteiger partial charge in [0.05, 0.1) is 11.6 Å². The number of likely N-dealkylation sites (N-methyl/N-ethyl adjacent to an activating group) is 1. The summed E-state index contributed by atoms with van der Waals surface area (Å²) < 4.78 is 0. The molecule has 2 N–H and O–H groups in total. The highest BCUT2D eigenvalue weighted by atomic mass is 16.3. The first-order valence-electron chi connectivity index (χ1n) is 10.0. The number of rotatable bonds is 5. The van der Waals surface area contributed by atoms with Crippen LogP contribution in [0.15, 0.2) is 41.2 Å². The molecule has 1 aliphatic rings. The Kier molecular flexibility index (Phi) is 6.19. The highest BCUT2D eigenvalue weighted by Crippen LogP contribution is 2.37. The number of benzene rings is 1. The molecule has 0 spiro atoms. The minimum Gasteiger partial charge on any atom is -0.389 e. The molecule has 0 aliphatic carbocycles. The first-order valence-corrected chi connectivity index (χ1v) is 10.0. The number of piperidine rings is 1. The number of amides is 1. The van der Waals surface area contributed by atoms with E-state index in [-0.39, 0.29) is 18.1 Å². The van der Waals surface area contributed by atoms with Crippen LogP contribution in [0.4, 0.5) is 0 Å². The van der Waals surface area contributed by atoms with Crippen LogP contribution in [0.2, 0.25) is 0 Å². The van der Waals surface area contributed by atoms with Gasteiger partial charge in [0.25, 0.3) is 5.91 Å². The van der Waals surface area contributed by atoms with Gasteiger partial charge in [-0.1, -0.05) is 44.2 Å². The molecule has 29 heavy (non-hydrogen) atoms. The lowest BCUT2D eigenvalue weighted by molar-refractivity contribution is -0.0613. The molecular formula is C22H30N4O3. The Morgan fingerprint density at radius 2 is 2.03 bits per heavy atom. The zero-order valence-electron chi connectivity index (χ0n) is 17.6. The summed E-state index contributed by atoms with van der Waals surface area (Å²) in [6, 6.07) is 11.5. The van der Waals surface area contributed by atoms with Gasteiger partial charge in [-0.05, 0) is 44.5 Å². The van der Waals surface area contributed by atoms with Crippen molar-refractivity contribution in [3.8, 4) is 0 Å². The third-order valence-electron chi connectivity index (χ3n) is 5.71. The molecule has 1 aliphatic heterocycles. The van der Waals surface area contributed by atoms with E-state index in [1.54, 1.807) is 11.0 Å². The minimum absolute atomic E-state index is 0.133.